The van der Waals surface area contributed by atoms with Gasteiger partial charge >= 0.3 is 0 Å². The van der Waals surface area contributed by atoms with Crippen molar-refractivity contribution in [2.75, 3.05) is 36.5 Å². The molecule has 1 aromatic heterocycles. The lowest BCUT2D eigenvalue weighted by atomic mass is 9.84. The van der Waals surface area contributed by atoms with E-state index in [1.54, 1.807) is 6.33 Å². The molecule has 3 rings (SSSR count). The van der Waals surface area contributed by atoms with E-state index in [4.69, 9.17) is 11.6 Å². The van der Waals surface area contributed by atoms with Gasteiger partial charge in [-0.2, -0.15) is 0 Å². The van der Waals surface area contributed by atoms with Crippen molar-refractivity contribution < 1.29 is 5.11 Å². The Morgan fingerprint density at radius 2 is 2.04 bits per heavy atom. The van der Waals surface area contributed by atoms with Crippen LogP contribution < -0.4 is 10.2 Å². The second kappa shape index (κ2) is 8.23. The first-order valence-corrected chi connectivity index (χ1v) is 9.53. The molecule has 1 unspecified atom stereocenters. The van der Waals surface area contributed by atoms with Gasteiger partial charge in [-0.25, -0.2) is 9.97 Å². The number of anilines is 2. The third kappa shape index (κ3) is 4.65. The van der Waals surface area contributed by atoms with Crippen LogP contribution in [0.5, 0.6) is 0 Å². The average molecular weight is 375 g/mol. The van der Waals surface area contributed by atoms with Gasteiger partial charge in [-0.05, 0) is 36.5 Å². The molecule has 1 atom stereocenters. The second-order valence-corrected chi connectivity index (χ2v) is 8.08. The normalized spacial score (nSPS) is 18.0. The number of halogens is 1. The van der Waals surface area contributed by atoms with Crippen LogP contribution in [0.2, 0.25) is 5.02 Å². The fourth-order valence-electron chi connectivity index (χ4n) is 3.35. The molecule has 140 valence electrons. The van der Waals surface area contributed by atoms with Gasteiger partial charge in [0.2, 0.25) is 0 Å². The van der Waals surface area contributed by atoms with Crippen molar-refractivity contribution >= 4 is 23.2 Å². The fraction of sp³-hybridized carbons (Fsp3) is 0.500. The minimum Gasteiger partial charge on any atom is -0.396 e. The van der Waals surface area contributed by atoms with Crippen molar-refractivity contribution in [2.45, 2.75) is 32.1 Å². The highest BCUT2D eigenvalue weighted by Crippen LogP contribution is 2.26. The maximum atomic E-state index is 9.43. The molecule has 1 aliphatic heterocycles. The second-order valence-electron chi connectivity index (χ2n) is 7.64. The summed E-state index contributed by atoms with van der Waals surface area (Å²) in [5.41, 5.74) is 1.17. The summed E-state index contributed by atoms with van der Waals surface area (Å²) in [6.07, 6.45) is 3.77. The lowest BCUT2D eigenvalue weighted by Gasteiger charge is -2.32. The topological polar surface area (TPSA) is 61.3 Å². The third-order valence-corrected chi connectivity index (χ3v) is 5.34. The molecule has 2 N–H and O–H groups in total. The Bertz CT molecular complexity index is 720. The molecule has 0 radical (unpaired) electrons. The molecule has 6 heteroatoms. The Morgan fingerprint density at radius 1 is 1.27 bits per heavy atom. The van der Waals surface area contributed by atoms with E-state index in [9.17, 15) is 5.11 Å². The molecular weight excluding hydrogens is 348 g/mol. The van der Waals surface area contributed by atoms with Crippen molar-refractivity contribution in [3.63, 3.8) is 0 Å². The molecule has 1 aliphatic rings. The van der Waals surface area contributed by atoms with E-state index in [0.29, 0.717) is 5.92 Å². The van der Waals surface area contributed by atoms with Gasteiger partial charge in [0.1, 0.15) is 18.0 Å². The SMILES string of the molecule is CC(C)(CNc1cc(N2CCCC(CO)C2)ncn1)c1ccc(Cl)cc1. The van der Waals surface area contributed by atoms with Crippen LogP contribution in [0.1, 0.15) is 32.3 Å². The molecule has 0 amide bonds. The predicted octanol–water partition coefficient (Wildman–Crippen LogP) is 3.73. The highest BCUT2D eigenvalue weighted by Gasteiger charge is 2.22. The number of nitrogens with one attached hydrogen (secondary N) is 1. The Labute approximate surface area is 160 Å². The highest BCUT2D eigenvalue weighted by atomic mass is 35.5. The van der Waals surface area contributed by atoms with Crippen molar-refractivity contribution in [1.29, 1.82) is 0 Å². The number of benzene rings is 1. The van der Waals surface area contributed by atoms with Crippen LogP contribution in [0.4, 0.5) is 11.6 Å². The van der Waals surface area contributed by atoms with E-state index >= 15 is 0 Å². The van der Waals surface area contributed by atoms with E-state index in [2.05, 4.69) is 46.2 Å². The smallest absolute Gasteiger partial charge is 0.134 e. The lowest BCUT2D eigenvalue weighted by molar-refractivity contribution is 0.208. The third-order valence-electron chi connectivity index (χ3n) is 5.09. The maximum Gasteiger partial charge on any atom is 0.134 e. The molecule has 0 spiro atoms. The van der Waals surface area contributed by atoms with Gasteiger partial charge in [-0.3, -0.25) is 0 Å². The zero-order valence-corrected chi connectivity index (χ0v) is 16.2. The zero-order chi connectivity index (χ0) is 18.6. The summed E-state index contributed by atoms with van der Waals surface area (Å²) in [4.78, 5) is 11.0. The van der Waals surface area contributed by atoms with Crippen molar-refractivity contribution in [1.82, 2.24) is 9.97 Å². The fourth-order valence-corrected chi connectivity index (χ4v) is 3.48. The van der Waals surface area contributed by atoms with E-state index in [1.165, 1.54) is 5.56 Å². The van der Waals surface area contributed by atoms with E-state index in [-0.39, 0.29) is 12.0 Å². The number of aliphatic hydroxyl groups excluding tert-OH is 1. The summed E-state index contributed by atoms with van der Waals surface area (Å²) >= 11 is 5.99. The molecule has 0 aliphatic carbocycles. The molecular formula is C20H27ClN4O. The molecule has 1 fully saturated rings. The summed E-state index contributed by atoms with van der Waals surface area (Å²) in [6, 6.07) is 9.98. The summed E-state index contributed by atoms with van der Waals surface area (Å²) in [6.45, 7) is 7.21. The predicted molar refractivity (Wildman–Crippen MR) is 107 cm³/mol. The summed E-state index contributed by atoms with van der Waals surface area (Å²) in [7, 11) is 0. The number of aromatic nitrogens is 2. The van der Waals surface area contributed by atoms with Gasteiger partial charge in [0.05, 0.1) is 0 Å². The summed E-state index contributed by atoms with van der Waals surface area (Å²) in [5.74, 6) is 2.08. The maximum absolute atomic E-state index is 9.43. The van der Waals surface area contributed by atoms with Crippen LogP contribution in [0.15, 0.2) is 36.7 Å². The van der Waals surface area contributed by atoms with Gasteiger partial charge < -0.3 is 15.3 Å². The number of hydrogen-bond acceptors (Lipinski definition) is 5. The zero-order valence-electron chi connectivity index (χ0n) is 15.5. The first kappa shape index (κ1) is 18.9. The first-order valence-electron chi connectivity index (χ1n) is 9.16. The number of rotatable bonds is 6. The minimum absolute atomic E-state index is 0.0528. The monoisotopic (exact) mass is 374 g/mol. The number of nitrogens with zero attached hydrogens (tertiary/aromatic N) is 3. The van der Waals surface area contributed by atoms with Crippen LogP contribution in [0.25, 0.3) is 0 Å². The molecule has 0 saturated carbocycles. The van der Waals surface area contributed by atoms with E-state index in [0.717, 1.165) is 49.1 Å². The lowest BCUT2D eigenvalue weighted by Crippen LogP contribution is -2.37. The van der Waals surface area contributed by atoms with Crippen LogP contribution in [-0.2, 0) is 5.41 Å². The van der Waals surface area contributed by atoms with Gasteiger partial charge in [-0.1, -0.05) is 37.6 Å². The Morgan fingerprint density at radius 3 is 2.77 bits per heavy atom. The molecule has 26 heavy (non-hydrogen) atoms. The van der Waals surface area contributed by atoms with E-state index in [1.807, 2.05) is 18.2 Å². The largest absolute Gasteiger partial charge is 0.396 e. The van der Waals surface area contributed by atoms with Crippen LogP contribution >= 0.6 is 11.6 Å². The Hall–Kier alpha value is -1.85. The standard InChI is InChI=1S/C20H27ClN4O/c1-20(2,16-5-7-17(21)8-6-16)13-22-18-10-19(24-14-23-18)25-9-3-4-15(11-25)12-26/h5-8,10,14-15,26H,3-4,9,11-13H2,1-2H3,(H,22,23,24). The molecule has 5 nitrogen and oxygen atoms in total. The molecule has 2 heterocycles. The van der Waals surface area contributed by atoms with Crippen molar-refractivity contribution in [2.24, 2.45) is 5.92 Å². The van der Waals surface area contributed by atoms with Gasteiger partial charge in [-0.15, -0.1) is 0 Å². The summed E-state index contributed by atoms with van der Waals surface area (Å²) in [5, 5.41) is 13.6. The van der Waals surface area contributed by atoms with Crippen LogP contribution in [0, 0.1) is 5.92 Å². The van der Waals surface area contributed by atoms with Gasteiger partial charge in [0, 0.05) is 42.7 Å². The van der Waals surface area contributed by atoms with Crippen molar-refractivity contribution in [3.05, 3.63) is 47.2 Å². The quantitative estimate of drug-likeness (QED) is 0.806. The van der Waals surface area contributed by atoms with Gasteiger partial charge in [0.25, 0.3) is 0 Å². The number of aliphatic hydroxyl groups is 1. The molecule has 1 aromatic carbocycles. The molecule has 2 aromatic rings. The van der Waals surface area contributed by atoms with Gasteiger partial charge in [0.15, 0.2) is 0 Å². The first-order chi connectivity index (χ1) is 12.5. The van der Waals surface area contributed by atoms with Crippen LogP contribution in [0.3, 0.4) is 0 Å². The average Bonchev–Trinajstić information content (AvgIpc) is 2.67. The minimum atomic E-state index is -0.0528. The van der Waals surface area contributed by atoms with Crippen molar-refractivity contribution in [3.8, 4) is 0 Å². The Balaban J connectivity index is 1.66. The molecule has 1 saturated heterocycles. The number of hydrogen-bond donors (Lipinski definition) is 2. The van der Waals surface area contributed by atoms with E-state index < -0.39 is 0 Å². The molecule has 0 bridgehead atoms. The van der Waals surface area contributed by atoms with Crippen LogP contribution in [-0.4, -0.2) is 41.3 Å². The number of piperidine rings is 1. The highest BCUT2D eigenvalue weighted by molar-refractivity contribution is 6.30. The summed E-state index contributed by atoms with van der Waals surface area (Å²) < 4.78 is 0. The Kier molecular flexibility index (Phi) is 5.99.